The van der Waals surface area contributed by atoms with Crippen LogP contribution in [0.3, 0.4) is 0 Å². The van der Waals surface area contributed by atoms with E-state index in [0.29, 0.717) is 54.9 Å². The molecule has 5 aliphatic rings. The van der Waals surface area contributed by atoms with Gasteiger partial charge in [0, 0.05) is 22.3 Å². The first-order valence-electron chi connectivity index (χ1n) is 38.7. The van der Waals surface area contributed by atoms with Crippen molar-refractivity contribution in [2.75, 3.05) is 0 Å². The first-order valence-corrected chi connectivity index (χ1v) is 38.7. The van der Waals surface area contributed by atoms with E-state index in [1.165, 1.54) is 48.6 Å². The van der Waals surface area contributed by atoms with Gasteiger partial charge in [-0.3, -0.25) is 47.9 Å². The molecule has 574 valence electrons. The highest BCUT2D eigenvalue weighted by molar-refractivity contribution is 6.42. The summed E-state index contributed by atoms with van der Waals surface area (Å²) in [6.07, 6.45) is 5.22. The zero-order valence-corrected chi connectivity index (χ0v) is 63.5. The second-order valence-corrected chi connectivity index (χ2v) is 30.1. The number of carbonyl (C=O) groups excluding carboxylic acids is 10. The molecule has 0 atom stereocenters. The van der Waals surface area contributed by atoms with Crippen LogP contribution in [-0.2, 0) is 113 Å². The molecule has 0 fully saturated rings. The third-order valence-electron chi connectivity index (χ3n) is 23.1. The summed E-state index contributed by atoms with van der Waals surface area (Å²) in [5, 5.41) is 6.20. The van der Waals surface area contributed by atoms with Crippen LogP contribution in [0.25, 0.3) is 66.4 Å². The summed E-state index contributed by atoms with van der Waals surface area (Å²) in [6, 6.07) is 87.3. The fourth-order valence-electron chi connectivity index (χ4n) is 17.2. The Morgan fingerprint density at radius 1 is 0.227 bits per heavy atom. The predicted molar refractivity (Wildman–Crippen MR) is 446 cm³/mol. The minimum absolute atomic E-state index is 0.0154. The average Bonchev–Trinajstić information content (AvgIpc) is 1.51. The van der Waals surface area contributed by atoms with Gasteiger partial charge in [0.1, 0.15) is 39.6 Å². The van der Waals surface area contributed by atoms with Crippen LogP contribution in [0.2, 0.25) is 0 Å². The van der Waals surface area contributed by atoms with E-state index in [1.807, 2.05) is 72.8 Å². The lowest BCUT2D eigenvalue weighted by Crippen LogP contribution is -2.47. The van der Waals surface area contributed by atoms with Gasteiger partial charge in [0.25, 0.3) is 0 Å². The van der Waals surface area contributed by atoms with Crippen molar-refractivity contribution in [3.05, 3.63) is 427 Å². The number of rotatable bonds is 20. The van der Waals surface area contributed by atoms with Crippen LogP contribution >= 0.6 is 0 Å². The fraction of sp³-hybridized carbons (Fsp3) is 0.0874. The molecule has 5 aliphatic carbocycles. The van der Waals surface area contributed by atoms with Crippen molar-refractivity contribution >= 4 is 114 Å². The minimum atomic E-state index is -2.83. The average molecular weight is 1560 g/mol. The Balaban J connectivity index is 0.865. The van der Waals surface area contributed by atoms with Gasteiger partial charge in [-0.25, -0.2) is 0 Å². The maximum atomic E-state index is 16.7. The van der Waals surface area contributed by atoms with E-state index >= 15 is 47.9 Å². The topological polar surface area (TPSA) is 226 Å². The molecule has 0 aliphatic heterocycles. The van der Waals surface area contributed by atoms with Gasteiger partial charge in [0.05, 0.1) is 11.1 Å². The number of Topliss-reactive ketones (excluding diaryl/α,β-unsaturated/α-hetero) is 4. The highest BCUT2D eigenvalue weighted by Crippen LogP contribution is 2.59. The van der Waals surface area contributed by atoms with Crippen molar-refractivity contribution in [3.8, 4) is 11.1 Å². The van der Waals surface area contributed by atoms with E-state index in [-0.39, 0.29) is 77.9 Å². The maximum Gasteiger partial charge on any atom is 0.333 e. The van der Waals surface area contributed by atoms with Crippen LogP contribution in [0.5, 0.6) is 0 Å². The molecule has 16 heteroatoms. The summed E-state index contributed by atoms with van der Waals surface area (Å²) >= 11 is 0. The first-order chi connectivity index (χ1) is 58.1. The number of hydrogen-bond donors (Lipinski definition) is 0. The molecular weight excluding hydrogens is 1490 g/mol. The predicted octanol–water partition coefficient (Wildman–Crippen LogP) is 18.3. The number of ether oxygens (including phenoxy) is 6. The van der Waals surface area contributed by atoms with Crippen molar-refractivity contribution in [1.82, 2.24) is 0 Å². The van der Waals surface area contributed by atoms with Crippen molar-refractivity contribution in [3.63, 3.8) is 0 Å². The van der Waals surface area contributed by atoms with Crippen molar-refractivity contribution in [1.29, 1.82) is 0 Å². The number of ketones is 4. The van der Waals surface area contributed by atoms with Crippen LogP contribution in [0, 0.1) is 0 Å². The number of fused-ring (bicyclic) bond motifs is 11. The molecule has 14 aromatic rings. The fourth-order valence-corrected chi connectivity index (χ4v) is 17.2. The van der Waals surface area contributed by atoms with E-state index < -0.39 is 126 Å². The summed E-state index contributed by atoms with van der Waals surface area (Å²) in [6.45, 7) is -2.53. The lowest BCUT2D eigenvalue weighted by atomic mass is 9.73. The van der Waals surface area contributed by atoms with Crippen molar-refractivity contribution in [2.45, 2.75) is 55.9 Å². The number of allylic oxidation sites excluding steroid dienone is 4. The van der Waals surface area contributed by atoms with Gasteiger partial charge in [0.2, 0.25) is 16.2 Å². The lowest BCUT2D eigenvalue weighted by molar-refractivity contribution is -0.166. The highest BCUT2D eigenvalue weighted by Gasteiger charge is 2.64. The molecule has 0 amide bonds. The van der Waals surface area contributed by atoms with Gasteiger partial charge in [-0.1, -0.05) is 231 Å². The lowest BCUT2D eigenvalue weighted by Gasteiger charge is -2.30. The third-order valence-corrected chi connectivity index (χ3v) is 23.1. The highest BCUT2D eigenvalue weighted by atomic mass is 16.6. The van der Waals surface area contributed by atoms with E-state index in [1.54, 1.807) is 206 Å². The molecule has 0 N–H and O–H groups in total. The van der Waals surface area contributed by atoms with Gasteiger partial charge < -0.3 is 28.4 Å². The standard InChI is InChI=1S/C103H66O16/c104-91-81-45-71-39-67-35-19-20-36-68(67)40-72(71)46-82(81)92(105)85(91)51-77-43-75-49-89-79(53-87(75)101(77,95(108)114-55-61-23-7-1-8-24-61)96(109)115-56-62-25-9-2-10-26-62)80-54-88-76(50-90(80)103(89,99(112)118-59-65-31-15-5-16-32-65)100(113)119-60-66-33-17-6-18-34-66)44-78(52-86-93(106)83-47-73-41-69-37-21-22-38-70(69)42-74(73)48-84(83)94(86)107)102(88,97(110)116-57-63-27-11-3-12-28-63)98(111)117-58-64-29-13-4-14-30-64/h1-54H,55-60H2. The largest absolute Gasteiger partial charge is 0.459 e. The SMILES string of the molecule is O=C1C(=CC2=Cc3cc4c(cc3C2(C(=O)OCc2ccccc2)C(=O)OCc2ccccc2)-c2cc3c(cc2C4(C(=O)OCc2ccccc2)C(=O)OCc2ccccc2)C=C(C=C2C(=O)c4cc5cc6ccccc6cc5cc4C2=O)C3(C(=O)OCc2ccccc2)C(=O)OCc2ccccc2)C(=O)c2cc3cc4ccccc4cc3cc21. The minimum Gasteiger partial charge on any atom is -0.459 e. The van der Waals surface area contributed by atoms with Crippen molar-refractivity contribution < 1.29 is 76.4 Å². The number of carbonyl (C=O) groups is 10. The molecule has 0 aromatic heterocycles. The number of hydrogen-bond acceptors (Lipinski definition) is 16. The molecule has 0 saturated carbocycles. The molecule has 14 aromatic carbocycles. The Hall–Kier alpha value is -15.4. The normalized spacial score (nSPS) is 14.6. The zero-order chi connectivity index (χ0) is 81.3. The van der Waals surface area contributed by atoms with E-state index in [0.717, 1.165) is 21.5 Å². The van der Waals surface area contributed by atoms with Gasteiger partial charge in [-0.05, 0) is 229 Å². The summed E-state index contributed by atoms with van der Waals surface area (Å²) in [7, 11) is 0. The van der Waals surface area contributed by atoms with Gasteiger partial charge in [0.15, 0.2) is 23.1 Å². The number of esters is 6. The van der Waals surface area contributed by atoms with Crippen LogP contribution in [0.1, 0.15) is 108 Å². The number of benzene rings is 14. The van der Waals surface area contributed by atoms with Gasteiger partial charge in [-0.2, -0.15) is 0 Å². The van der Waals surface area contributed by atoms with Crippen molar-refractivity contribution in [2.24, 2.45) is 0 Å². The Bertz CT molecular complexity index is 6180. The molecule has 0 bridgehead atoms. The van der Waals surface area contributed by atoms with E-state index in [2.05, 4.69) is 0 Å². The molecule has 0 radical (unpaired) electrons. The summed E-state index contributed by atoms with van der Waals surface area (Å²) in [4.78, 5) is 161. The molecule has 19 rings (SSSR count). The third kappa shape index (κ3) is 12.5. The molecule has 16 nitrogen and oxygen atoms in total. The molecule has 119 heavy (non-hydrogen) atoms. The van der Waals surface area contributed by atoms with Gasteiger partial charge in [-0.15, -0.1) is 0 Å². The molecule has 0 saturated heterocycles. The zero-order valence-electron chi connectivity index (χ0n) is 63.5. The Morgan fingerprint density at radius 2 is 0.445 bits per heavy atom. The van der Waals surface area contributed by atoms with Crippen LogP contribution < -0.4 is 0 Å². The van der Waals surface area contributed by atoms with E-state index in [9.17, 15) is 0 Å². The van der Waals surface area contributed by atoms with Gasteiger partial charge >= 0.3 is 35.8 Å². The summed E-state index contributed by atoms with van der Waals surface area (Å²) < 4.78 is 38.5. The summed E-state index contributed by atoms with van der Waals surface area (Å²) in [5.41, 5.74) is -7.46. The van der Waals surface area contributed by atoms with Crippen LogP contribution in [-0.4, -0.2) is 58.9 Å². The van der Waals surface area contributed by atoms with E-state index in [4.69, 9.17) is 28.4 Å². The smallest absolute Gasteiger partial charge is 0.333 e. The quantitative estimate of drug-likeness (QED) is 0.0173. The maximum absolute atomic E-state index is 16.7. The molecular formula is C103H66O16. The Morgan fingerprint density at radius 3 is 0.681 bits per heavy atom. The molecule has 0 spiro atoms. The monoisotopic (exact) mass is 1560 g/mol. The first kappa shape index (κ1) is 73.7. The molecule has 0 heterocycles. The van der Waals surface area contributed by atoms with Crippen LogP contribution in [0.15, 0.2) is 338 Å². The molecule has 0 unspecified atom stereocenters. The second kappa shape index (κ2) is 29.8. The Kier molecular flexibility index (Phi) is 18.4. The van der Waals surface area contributed by atoms with Crippen LogP contribution in [0.4, 0.5) is 0 Å². The summed E-state index contributed by atoms with van der Waals surface area (Å²) in [5.74, 6) is -10.2. The Labute approximate surface area is 680 Å². The second-order valence-electron chi connectivity index (χ2n) is 30.1.